The summed E-state index contributed by atoms with van der Waals surface area (Å²) in [6.07, 6.45) is -4.20. The number of halogens is 3. The molecule has 1 aliphatic heterocycles. The average molecular weight is 523 g/mol. The maximum absolute atomic E-state index is 13.6. The summed E-state index contributed by atoms with van der Waals surface area (Å²) in [5.41, 5.74) is 0.664. The van der Waals surface area contributed by atoms with Gasteiger partial charge in [0.05, 0.1) is 11.2 Å². The molecule has 0 unspecified atom stereocenters. The van der Waals surface area contributed by atoms with Crippen molar-refractivity contribution in [3.05, 3.63) is 30.2 Å². The smallest absolute Gasteiger partial charge is 0.408 e. The van der Waals surface area contributed by atoms with E-state index in [1.807, 2.05) is 6.07 Å². The fraction of sp³-hybridized carbons (Fsp3) is 0.560. The summed E-state index contributed by atoms with van der Waals surface area (Å²) in [7, 11) is 2.08. The van der Waals surface area contributed by atoms with Crippen molar-refractivity contribution >= 4 is 22.7 Å². The minimum absolute atomic E-state index is 0.0000444. The lowest BCUT2D eigenvalue weighted by molar-refractivity contribution is -0.139. The third-order valence-corrected chi connectivity index (χ3v) is 6.21. The van der Waals surface area contributed by atoms with E-state index in [1.165, 1.54) is 0 Å². The Morgan fingerprint density at radius 1 is 1.27 bits per heavy atom. The van der Waals surface area contributed by atoms with E-state index in [4.69, 9.17) is 9.26 Å². The molecule has 2 aromatic heterocycles. The molecule has 0 aliphatic carbocycles. The summed E-state index contributed by atoms with van der Waals surface area (Å²) in [4.78, 5) is 18.4. The highest BCUT2D eigenvalue weighted by atomic mass is 19.4. The van der Waals surface area contributed by atoms with E-state index in [0.717, 1.165) is 29.8 Å². The number of carbonyl (C=O) groups excluding carboxylic acids is 1. The van der Waals surface area contributed by atoms with E-state index < -0.39 is 24.4 Å². The van der Waals surface area contributed by atoms with Crippen LogP contribution in [-0.4, -0.2) is 63.7 Å². The van der Waals surface area contributed by atoms with Crippen molar-refractivity contribution < 1.29 is 27.2 Å². The minimum Gasteiger partial charge on any atom is -0.444 e. The summed E-state index contributed by atoms with van der Waals surface area (Å²) in [6.45, 7) is 7.91. The number of benzene rings is 1. The van der Waals surface area contributed by atoms with Crippen LogP contribution < -0.4 is 10.6 Å². The van der Waals surface area contributed by atoms with Crippen LogP contribution in [0.5, 0.6) is 0 Å². The molecule has 0 bridgehead atoms. The van der Waals surface area contributed by atoms with Gasteiger partial charge in [-0.2, -0.15) is 18.2 Å². The molecule has 1 amide bonds. The number of alkyl carbamates (subject to hydrolysis) is 1. The minimum atomic E-state index is -4.46. The number of hydrogen-bond acceptors (Lipinski definition) is 7. The predicted molar refractivity (Wildman–Crippen MR) is 133 cm³/mol. The Hall–Kier alpha value is -3.28. The lowest BCUT2D eigenvalue weighted by Crippen LogP contribution is -2.43. The Morgan fingerprint density at radius 3 is 2.70 bits per heavy atom. The topological polar surface area (TPSA) is 97.5 Å². The van der Waals surface area contributed by atoms with Gasteiger partial charge >= 0.3 is 12.3 Å². The van der Waals surface area contributed by atoms with Crippen molar-refractivity contribution in [3.63, 3.8) is 0 Å². The quantitative estimate of drug-likeness (QED) is 0.469. The normalized spacial score (nSPS) is 19.2. The number of rotatable bonds is 6. The number of piperidine rings is 1. The first-order valence-corrected chi connectivity index (χ1v) is 12.2. The van der Waals surface area contributed by atoms with E-state index in [-0.39, 0.29) is 30.0 Å². The number of likely N-dealkylation sites (tertiary alicyclic amines) is 1. The van der Waals surface area contributed by atoms with Crippen molar-refractivity contribution in [2.45, 2.75) is 65.0 Å². The molecule has 4 rings (SSSR count). The van der Waals surface area contributed by atoms with Crippen molar-refractivity contribution in [1.82, 2.24) is 24.9 Å². The molecule has 12 heteroatoms. The first-order chi connectivity index (χ1) is 17.3. The Kier molecular flexibility index (Phi) is 7.40. The van der Waals surface area contributed by atoms with Gasteiger partial charge in [0.15, 0.2) is 0 Å². The van der Waals surface area contributed by atoms with Crippen LogP contribution in [0.4, 0.5) is 23.7 Å². The first kappa shape index (κ1) is 26.8. The molecule has 0 saturated carbocycles. The molecule has 1 fully saturated rings. The van der Waals surface area contributed by atoms with Gasteiger partial charge in [-0.3, -0.25) is 0 Å². The van der Waals surface area contributed by atoms with Crippen LogP contribution in [0, 0.1) is 5.92 Å². The standard InChI is InChI=1S/C25H33F3N6O3/c1-15-13-33(5)10-9-17(15)30-18-7-6-8-19-16(18)11-20(34(19)14-25(26,27)28)22-31-21(37-32-22)12-29-23(35)36-24(2,3)4/h6-8,11,15,17,30H,9-10,12-14H2,1-5H3,(H,29,35)/t15-,17+/m1/s1. The van der Waals surface area contributed by atoms with Crippen LogP contribution >= 0.6 is 0 Å². The van der Waals surface area contributed by atoms with Crippen LogP contribution in [0.3, 0.4) is 0 Å². The third kappa shape index (κ3) is 6.73. The molecule has 0 radical (unpaired) electrons. The monoisotopic (exact) mass is 522 g/mol. The summed E-state index contributed by atoms with van der Waals surface area (Å²) >= 11 is 0. The predicted octanol–water partition coefficient (Wildman–Crippen LogP) is 5.03. The van der Waals surface area contributed by atoms with E-state index in [2.05, 4.69) is 39.6 Å². The second kappa shape index (κ2) is 10.2. The molecule has 2 N–H and O–H groups in total. The number of aromatic nitrogens is 3. The Morgan fingerprint density at radius 2 is 2.03 bits per heavy atom. The number of alkyl halides is 3. The van der Waals surface area contributed by atoms with Gasteiger partial charge in [0.1, 0.15) is 18.7 Å². The van der Waals surface area contributed by atoms with Crippen molar-refractivity contribution in [2.75, 3.05) is 25.5 Å². The number of hydrogen-bond donors (Lipinski definition) is 2. The highest BCUT2D eigenvalue weighted by Crippen LogP contribution is 2.35. The van der Waals surface area contributed by atoms with E-state index in [0.29, 0.717) is 16.8 Å². The molecule has 202 valence electrons. The summed E-state index contributed by atoms with van der Waals surface area (Å²) in [5.74, 6) is 0.422. The second-order valence-corrected chi connectivity index (χ2v) is 10.6. The molecule has 1 saturated heterocycles. The number of fused-ring (bicyclic) bond motifs is 1. The fourth-order valence-electron chi connectivity index (χ4n) is 4.61. The van der Waals surface area contributed by atoms with Crippen LogP contribution in [0.2, 0.25) is 0 Å². The highest BCUT2D eigenvalue weighted by molar-refractivity contribution is 5.96. The van der Waals surface area contributed by atoms with Crippen LogP contribution in [0.15, 0.2) is 28.8 Å². The molecule has 2 atom stereocenters. The van der Waals surface area contributed by atoms with Gasteiger partial charge in [-0.25, -0.2) is 4.79 Å². The molecule has 3 aromatic rings. The van der Waals surface area contributed by atoms with Gasteiger partial charge in [-0.1, -0.05) is 18.1 Å². The van der Waals surface area contributed by atoms with E-state index in [1.54, 1.807) is 39.0 Å². The number of ether oxygens (including phenoxy) is 1. The van der Waals surface area contributed by atoms with E-state index in [9.17, 15) is 18.0 Å². The number of carbonyl (C=O) groups is 1. The zero-order valence-corrected chi connectivity index (χ0v) is 21.6. The van der Waals surface area contributed by atoms with Crippen LogP contribution in [0.25, 0.3) is 22.4 Å². The lowest BCUT2D eigenvalue weighted by Gasteiger charge is -2.36. The van der Waals surface area contributed by atoms with Crippen molar-refractivity contribution in [1.29, 1.82) is 0 Å². The molecular weight excluding hydrogens is 489 g/mol. The van der Waals surface area contributed by atoms with Crippen LogP contribution in [-0.2, 0) is 17.8 Å². The number of anilines is 1. The molecule has 1 aliphatic rings. The Labute approximate surface area is 213 Å². The number of nitrogens with one attached hydrogen (secondary N) is 2. The highest BCUT2D eigenvalue weighted by Gasteiger charge is 2.32. The lowest BCUT2D eigenvalue weighted by atomic mass is 9.94. The van der Waals surface area contributed by atoms with Gasteiger partial charge in [-0.05, 0) is 64.9 Å². The molecule has 37 heavy (non-hydrogen) atoms. The zero-order chi connectivity index (χ0) is 27.0. The van der Waals surface area contributed by atoms with Gasteiger partial charge in [-0.15, -0.1) is 0 Å². The number of nitrogens with zero attached hydrogens (tertiary/aromatic N) is 4. The average Bonchev–Trinajstić information content (AvgIpc) is 3.37. The largest absolute Gasteiger partial charge is 0.444 e. The number of amides is 1. The Balaban J connectivity index is 1.63. The maximum Gasteiger partial charge on any atom is 0.408 e. The molecule has 0 spiro atoms. The van der Waals surface area contributed by atoms with Gasteiger partial charge in [0.25, 0.3) is 0 Å². The molecule has 9 nitrogen and oxygen atoms in total. The Bertz CT molecular complexity index is 1250. The fourth-order valence-corrected chi connectivity index (χ4v) is 4.61. The second-order valence-electron chi connectivity index (χ2n) is 10.6. The van der Waals surface area contributed by atoms with Gasteiger partial charge in [0, 0.05) is 23.7 Å². The SMILES string of the molecule is C[C@@H]1CN(C)CC[C@@H]1Nc1cccc2c1cc(-c1noc(CNC(=O)OC(C)(C)C)n1)n2CC(F)(F)F. The molecule has 3 heterocycles. The van der Waals surface area contributed by atoms with Gasteiger partial charge in [0.2, 0.25) is 11.7 Å². The molecule has 1 aromatic carbocycles. The summed E-state index contributed by atoms with van der Waals surface area (Å²) in [6, 6.07) is 7.12. The summed E-state index contributed by atoms with van der Waals surface area (Å²) < 4.78 is 52.3. The first-order valence-electron chi connectivity index (χ1n) is 12.2. The van der Waals surface area contributed by atoms with Gasteiger partial charge < -0.3 is 29.4 Å². The zero-order valence-electron chi connectivity index (χ0n) is 21.6. The third-order valence-electron chi connectivity index (χ3n) is 6.21. The maximum atomic E-state index is 13.6. The van der Waals surface area contributed by atoms with Crippen LogP contribution in [0.1, 0.15) is 40.0 Å². The summed E-state index contributed by atoms with van der Waals surface area (Å²) in [5, 5.41) is 10.6. The van der Waals surface area contributed by atoms with Crippen molar-refractivity contribution in [3.8, 4) is 11.5 Å². The van der Waals surface area contributed by atoms with Crippen molar-refractivity contribution in [2.24, 2.45) is 5.92 Å². The van der Waals surface area contributed by atoms with E-state index >= 15 is 0 Å². The molecular formula is C25H33F3N6O3.